The minimum Gasteiger partial charge on any atom is -0.482 e. The number of nitrogens with one attached hydrogen (secondary N) is 1. The number of benzene rings is 1. The van der Waals surface area contributed by atoms with E-state index in [1.807, 2.05) is 6.07 Å². The predicted molar refractivity (Wildman–Crippen MR) is 46.6 cm³/mol. The maximum atomic E-state index is 10.6. The van der Waals surface area contributed by atoms with Crippen molar-refractivity contribution in [3.63, 3.8) is 0 Å². The van der Waals surface area contributed by atoms with Crippen molar-refractivity contribution in [2.75, 3.05) is 6.61 Å². The third-order valence-corrected chi connectivity index (χ3v) is 1.49. The summed E-state index contributed by atoms with van der Waals surface area (Å²) in [6, 6.07) is 8.45. The quantitative estimate of drug-likeness (QED) is 0.537. The molecule has 0 fully saturated rings. The van der Waals surface area contributed by atoms with Crippen LogP contribution in [0.3, 0.4) is 0 Å². The van der Waals surface area contributed by atoms with Crippen molar-refractivity contribution < 1.29 is 14.7 Å². The van der Waals surface area contributed by atoms with Gasteiger partial charge in [-0.15, -0.1) is 0 Å². The number of para-hydroxylation sites is 1. The number of rotatable bonds is 3. The first kappa shape index (κ1) is 10.0. The number of hydrogen-bond acceptors (Lipinski definition) is 4. The van der Waals surface area contributed by atoms with Gasteiger partial charge in [0.2, 0.25) is 0 Å². The maximum Gasteiger partial charge on any atom is 0.281 e. The SMILES string of the molecule is N#Cc1ccccc1OCC(=O)NO. The van der Waals surface area contributed by atoms with Crippen molar-refractivity contribution in [2.45, 2.75) is 0 Å². The van der Waals surface area contributed by atoms with E-state index < -0.39 is 5.91 Å². The Bertz CT molecular complexity index is 371. The summed E-state index contributed by atoms with van der Waals surface area (Å²) in [5.41, 5.74) is 1.77. The Kier molecular flexibility index (Phi) is 3.47. The minimum atomic E-state index is -0.669. The van der Waals surface area contributed by atoms with Gasteiger partial charge in [-0.2, -0.15) is 5.26 Å². The van der Waals surface area contributed by atoms with Crippen LogP contribution in [0.5, 0.6) is 5.75 Å². The molecule has 0 atom stereocenters. The summed E-state index contributed by atoms with van der Waals surface area (Å²) >= 11 is 0. The van der Waals surface area contributed by atoms with Gasteiger partial charge in [-0.25, -0.2) is 5.48 Å². The lowest BCUT2D eigenvalue weighted by molar-refractivity contribution is -0.131. The maximum absolute atomic E-state index is 10.6. The zero-order chi connectivity index (χ0) is 10.4. The largest absolute Gasteiger partial charge is 0.482 e. The lowest BCUT2D eigenvalue weighted by atomic mass is 10.2. The highest BCUT2D eigenvalue weighted by Gasteiger charge is 2.04. The highest BCUT2D eigenvalue weighted by molar-refractivity contribution is 5.76. The van der Waals surface area contributed by atoms with Gasteiger partial charge in [0.25, 0.3) is 5.91 Å². The second kappa shape index (κ2) is 4.84. The van der Waals surface area contributed by atoms with Gasteiger partial charge in [0.1, 0.15) is 11.8 Å². The van der Waals surface area contributed by atoms with Gasteiger partial charge in [-0.1, -0.05) is 12.1 Å². The molecule has 14 heavy (non-hydrogen) atoms. The summed E-state index contributed by atoms with van der Waals surface area (Å²) in [5, 5.41) is 16.9. The molecule has 1 aromatic rings. The minimum absolute atomic E-state index is 0.318. The molecule has 0 aliphatic carbocycles. The number of hydrogen-bond donors (Lipinski definition) is 2. The molecule has 0 heterocycles. The highest BCUT2D eigenvalue weighted by atomic mass is 16.5. The fourth-order valence-electron chi connectivity index (χ4n) is 0.860. The van der Waals surface area contributed by atoms with Crippen LogP contribution in [0.15, 0.2) is 24.3 Å². The van der Waals surface area contributed by atoms with Crippen LogP contribution in [-0.4, -0.2) is 17.7 Å². The molecule has 0 bridgehead atoms. The molecule has 1 rings (SSSR count). The lowest BCUT2D eigenvalue weighted by Crippen LogP contribution is -2.25. The van der Waals surface area contributed by atoms with Crippen molar-refractivity contribution in [3.8, 4) is 11.8 Å². The summed E-state index contributed by atoms with van der Waals surface area (Å²) < 4.78 is 4.99. The van der Waals surface area contributed by atoms with Crippen LogP contribution < -0.4 is 10.2 Å². The van der Waals surface area contributed by atoms with Crippen LogP contribution in [0.2, 0.25) is 0 Å². The first-order chi connectivity index (χ1) is 6.77. The van der Waals surface area contributed by atoms with Gasteiger partial charge in [-0.05, 0) is 12.1 Å². The van der Waals surface area contributed by atoms with E-state index in [0.29, 0.717) is 11.3 Å². The molecule has 0 aromatic heterocycles. The van der Waals surface area contributed by atoms with Crippen molar-refractivity contribution in [1.29, 1.82) is 5.26 Å². The van der Waals surface area contributed by atoms with Crippen LogP contribution in [0.25, 0.3) is 0 Å². The summed E-state index contributed by atoms with van der Waals surface area (Å²) in [6.45, 7) is -0.324. The number of amides is 1. The fraction of sp³-hybridized carbons (Fsp3) is 0.111. The van der Waals surface area contributed by atoms with E-state index in [0.717, 1.165) is 0 Å². The van der Waals surface area contributed by atoms with Gasteiger partial charge in [0, 0.05) is 0 Å². The van der Waals surface area contributed by atoms with E-state index in [1.165, 1.54) is 5.48 Å². The normalized spacial score (nSPS) is 8.86. The van der Waals surface area contributed by atoms with Crippen molar-refractivity contribution >= 4 is 5.91 Å². The number of nitriles is 1. The predicted octanol–water partition coefficient (Wildman–Crippen LogP) is 0.442. The molecule has 0 aliphatic heterocycles. The highest BCUT2D eigenvalue weighted by Crippen LogP contribution is 2.15. The van der Waals surface area contributed by atoms with Crippen LogP contribution >= 0.6 is 0 Å². The van der Waals surface area contributed by atoms with E-state index in [9.17, 15) is 4.79 Å². The molecule has 0 spiro atoms. The number of hydroxylamine groups is 1. The first-order valence-corrected chi connectivity index (χ1v) is 3.83. The molecule has 0 radical (unpaired) electrons. The van der Waals surface area contributed by atoms with E-state index in [-0.39, 0.29) is 6.61 Å². The third kappa shape index (κ3) is 2.47. The smallest absolute Gasteiger partial charge is 0.281 e. The molecule has 5 heteroatoms. The van der Waals surface area contributed by atoms with Gasteiger partial charge in [0.05, 0.1) is 5.56 Å². The molecule has 0 saturated heterocycles. The van der Waals surface area contributed by atoms with Crippen molar-refractivity contribution in [2.24, 2.45) is 0 Å². The van der Waals surface area contributed by atoms with E-state index >= 15 is 0 Å². The number of carbonyl (C=O) groups is 1. The summed E-state index contributed by atoms with van der Waals surface area (Å²) in [7, 11) is 0. The van der Waals surface area contributed by atoms with E-state index in [1.54, 1.807) is 24.3 Å². The summed E-state index contributed by atoms with van der Waals surface area (Å²) in [4.78, 5) is 10.6. The molecule has 0 unspecified atom stereocenters. The number of carbonyl (C=O) groups excluding carboxylic acids is 1. The molecular formula is C9H8N2O3. The van der Waals surface area contributed by atoms with Gasteiger partial charge in [0.15, 0.2) is 6.61 Å². The number of nitrogens with zero attached hydrogens (tertiary/aromatic N) is 1. The Morgan fingerprint density at radius 2 is 2.29 bits per heavy atom. The van der Waals surface area contributed by atoms with E-state index in [2.05, 4.69) is 0 Å². The second-order valence-electron chi connectivity index (χ2n) is 2.43. The molecule has 2 N–H and O–H groups in total. The molecule has 0 aliphatic rings. The molecule has 72 valence electrons. The zero-order valence-electron chi connectivity index (χ0n) is 7.23. The fourth-order valence-corrected chi connectivity index (χ4v) is 0.860. The Hall–Kier alpha value is -2.06. The van der Waals surface area contributed by atoms with Crippen LogP contribution in [0, 0.1) is 11.3 Å². The monoisotopic (exact) mass is 192 g/mol. The van der Waals surface area contributed by atoms with Crippen molar-refractivity contribution in [1.82, 2.24) is 5.48 Å². The first-order valence-electron chi connectivity index (χ1n) is 3.83. The Labute approximate surface area is 80.5 Å². The van der Waals surface area contributed by atoms with Crippen LogP contribution in [0.1, 0.15) is 5.56 Å². The van der Waals surface area contributed by atoms with Gasteiger partial charge in [-0.3, -0.25) is 10.0 Å². The molecule has 5 nitrogen and oxygen atoms in total. The van der Waals surface area contributed by atoms with E-state index in [4.69, 9.17) is 15.2 Å². The van der Waals surface area contributed by atoms with Crippen LogP contribution in [0.4, 0.5) is 0 Å². The average Bonchev–Trinajstić information content (AvgIpc) is 2.26. The molecule has 0 saturated carbocycles. The average molecular weight is 192 g/mol. The lowest BCUT2D eigenvalue weighted by Gasteiger charge is -2.05. The Balaban J connectivity index is 2.68. The standard InChI is InChI=1S/C9H8N2O3/c10-5-7-3-1-2-4-8(7)14-6-9(12)11-13/h1-4,13H,6H2,(H,11,12). The Morgan fingerprint density at radius 3 is 2.93 bits per heavy atom. The van der Waals surface area contributed by atoms with Crippen LogP contribution in [-0.2, 0) is 4.79 Å². The van der Waals surface area contributed by atoms with Gasteiger partial charge >= 0.3 is 0 Å². The molecule has 1 aromatic carbocycles. The van der Waals surface area contributed by atoms with Gasteiger partial charge < -0.3 is 4.74 Å². The third-order valence-electron chi connectivity index (χ3n) is 1.49. The second-order valence-corrected chi connectivity index (χ2v) is 2.43. The summed E-state index contributed by atoms with van der Waals surface area (Å²) in [5.74, 6) is -0.351. The number of ether oxygens (including phenoxy) is 1. The zero-order valence-corrected chi connectivity index (χ0v) is 7.23. The molecular weight excluding hydrogens is 184 g/mol. The topological polar surface area (TPSA) is 82.3 Å². The summed E-state index contributed by atoms with van der Waals surface area (Å²) in [6.07, 6.45) is 0. The van der Waals surface area contributed by atoms with Crippen molar-refractivity contribution in [3.05, 3.63) is 29.8 Å². The Morgan fingerprint density at radius 1 is 1.57 bits per heavy atom. The molecule has 1 amide bonds.